The van der Waals surface area contributed by atoms with Crippen LogP contribution in [-0.4, -0.2) is 50.0 Å². The second-order valence-electron chi connectivity index (χ2n) is 11.2. The minimum absolute atomic E-state index is 0.0458. The second-order valence-corrected chi connectivity index (χ2v) is 13.5. The smallest absolute Gasteiger partial charge is 0.244 e. The quantitative estimate of drug-likeness (QED) is 0.297. The molecule has 0 aliphatic heterocycles. The van der Waals surface area contributed by atoms with Crippen molar-refractivity contribution in [1.29, 1.82) is 0 Å². The Morgan fingerprint density at radius 1 is 0.952 bits per heavy atom. The monoisotopic (exact) mass is 609 g/mol. The standard InChI is InChI=1S/C33H40ClN3O4S/c1-24-18-19-30(25(2)20-24)37(42(3,40)41)23-32(38)36(22-27-14-10-11-17-29(27)34)31(21-26-12-6-4-7-13-26)33(39)35-28-15-8-5-9-16-28/h4,6-7,10-14,17-20,28,31H,5,8-9,15-16,21-23H2,1-3H3,(H,35,39). The predicted octanol–water partition coefficient (Wildman–Crippen LogP) is 5.81. The van der Waals surface area contributed by atoms with Crippen LogP contribution >= 0.6 is 11.6 Å². The van der Waals surface area contributed by atoms with Gasteiger partial charge in [-0.2, -0.15) is 0 Å². The van der Waals surface area contributed by atoms with Gasteiger partial charge in [0.1, 0.15) is 12.6 Å². The average Bonchev–Trinajstić information content (AvgIpc) is 2.95. The molecule has 3 aromatic carbocycles. The molecule has 9 heteroatoms. The van der Waals surface area contributed by atoms with E-state index in [2.05, 4.69) is 5.32 Å². The number of carbonyl (C=O) groups is 2. The van der Waals surface area contributed by atoms with Crippen molar-refractivity contribution in [2.45, 2.75) is 71.0 Å². The lowest BCUT2D eigenvalue weighted by molar-refractivity contribution is -0.140. The normalized spacial score (nSPS) is 14.7. The Bertz CT molecular complexity index is 1490. The number of carbonyl (C=O) groups excluding carboxylic acids is 2. The van der Waals surface area contributed by atoms with Crippen LogP contribution < -0.4 is 9.62 Å². The molecule has 0 radical (unpaired) electrons. The van der Waals surface area contributed by atoms with Gasteiger partial charge in [-0.1, -0.05) is 97.1 Å². The lowest BCUT2D eigenvalue weighted by Crippen LogP contribution is -2.55. The first kappa shape index (κ1) is 31.6. The third kappa shape index (κ3) is 8.35. The average molecular weight is 610 g/mol. The predicted molar refractivity (Wildman–Crippen MR) is 169 cm³/mol. The number of anilines is 1. The molecule has 0 spiro atoms. The van der Waals surface area contributed by atoms with Crippen LogP contribution in [0.15, 0.2) is 72.8 Å². The molecular formula is C33H40ClN3O4S. The fourth-order valence-electron chi connectivity index (χ4n) is 5.59. The van der Waals surface area contributed by atoms with Crippen LogP contribution in [0.3, 0.4) is 0 Å². The zero-order valence-electron chi connectivity index (χ0n) is 24.6. The topological polar surface area (TPSA) is 86.8 Å². The van der Waals surface area contributed by atoms with Crippen molar-refractivity contribution in [2.24, 2.45) is 0 Å². The molecule has 1 aliphatic carbocycles. The summed E-state index contributed by atoms with van der Waals surface area (Å²) in [7, 11) is -3.83. The minimum atomic E-state index is -3.83. The van der Waals surface area contributed by atoms with Crippen molar-refractivity contribution < 1.29 is 18.0 Å². The Hall–Kier alpha value is -3.36. The molecule has 2 amide bonds. The molecule has 1 atom stereocenters. The lowest BCUT2D eigenvalue weighted by atomic mass is 9.94. The van der Waals surface area contributed by atoms with Crippen LogP contribution in [0.4, 0.5) is 5.69 Å². The van der Waals surface area contributed by atoms with E-state index in [-0.39, 0.29) is 24.9 Å². The second kappa shape index (κ2) is 14.2. The van der Waals surface area contributed by atoms with Crippen molar-refractivity contribution in [1.82, 2.24) is 10.2 Å². The highest BCUT2D eigenvalue weighted by Gasteiger charge is 2.34. The third-order valence-electron chi connectivity index (χ3n) is 7.82. The first-order valence-corrected chi connectivity index (χ1v) is 16.7. The number of hydrogen-bond acceptors (Lipinski definition) is 4. The molecule has 1 unspecified atom stereocenters. The zero-order valence-corrected chi connectivity index (χ0v) is 26.1. The molecule has 3 aromatic rings. The molecule has 7 nitrogen and oxygen atoms in total. The number of sulfonamides is 1. The maximum atomic E-state index is 14.3. The summed E-state index contributed by atoms with van der Waals surface area (Å²) in [6.07, 6.45) is 6.42. The first-order valence-electron chi connectivity index (χ1n) is 14.4. The first-order chi connectivity index (χ1) is 20.0. The Balaban J connectivity index is 1.74. The van der Waals surface area contributed by atoms with E-state index >= 15 is 0 Å². The lowest BCUT2D eigenvalue weighted by Gasteiger charge is -2.35. The van der Waals surface area contributed by atoms with E-state index in [1.165, 1.54) is 4.90 Å². The molecule has 4 rings (SSSR count). The Morgan fingerprint density at radius 2 is 1.62 bits per heavy atom. The van der Waals surface area contributed by atoms with Crippen molar-refractivity contribution in [3.05, 3.63) is 100 Å². The number of benzene rings is 3. The largest absolute Gasteiger partial charge is 0.352 e. The summed E-state index contributed by atoms with van der Waals surface area (Å²) in [6, 6.07) is 21.4. The minimum Gasteiger partial charge on any atom is -0.352 e. The van der Waals surface area contributed by atoms with Gasteiger partial charge in [0, 0.05) is 24.0 Å². The number of aryl methyl sites for hydroxylation is 2. The van der Waals surface area contributed by atoms with Crippen LogP contribution in [-0.2, 0) is 32.6 Å². The van der Waals surface area contributed by atoms with E-state index in [1.807, 2.05) is 68.4 Å². The van der Waals surface area contributed by atoms with Gasteiger partial charge in [-0.05, 0) is 55.5 Å². The molecule has 1 aliphatic rings. The number of halogens is 1. The Kier molecular flexibility index (Phi) is 10.7. The van der Waals surface area contributed by atoms with Gasteiger partial charge >= 0.3 is 0 Å². The molecule has 224 valence electrons. The van der Waals surface area contributed by atoms with Crippen LogP contribution in [0.5, 0.6) is 0 Å². The van der Waals surface area contributed by atoms with Gasteiger partial charge in [0.2, 0.25) is 21.8 Å². The number of nitrogens with one attached hydrogen (secondary N) is 1. The van der Waals surface area contributed by atoms with Gasteiger partial charge in [0.15, 0.2) is 0 Å². The van der Waals surface area contributed by atoms with Gasteiger partial charge in [0.25, 0.3) is 0 Å². The summed E-state index contributed by atoms with van der Waals surface area (Å²) in [5.74, 6) is -0.733. The molecule has 0 bridgehead atoms. The van der Waals surface area contributed by atoms with E-state index < -0.39 is 28.5 Å². The molecule has 42 heavy (non-hydrogen) atoms. The van der Waals surface area contributed by atoms with Gasteiger partial charge in [-0.15, -0.1) is 0 Å². The summed E-state index contributed by atoms with van der Waals surface area (Å²) in [5.41, 5.74) is 3.72. The molecule has 0 aromatic heterocycles. The molecule has 0 heterocycles. The summed E-state index contributed by atoms with van der Waals surface area (Å²) in [4.78, 5) is 29.8. The maximum Gasteiger partial charge on any atom is 0.244 e. The van der Waals surface area contributed by atoms with Crippen molar-refractivity contribution in [2.75, 3.05) is 17.1 Å². The van der Waals surface area contributed by atoms with Gasteiger partial charge in [-0.3, -0.25) is 13.9 Å². The van der Waals surface area contributed by atoms with Crippen molar-refractivity contribution >= 4 is 39.1 Å². The Morgan fingerprint density at radius 3 is 2.26 bits per heavy atom. The van der Waals surface area contributed by atoms with Crippen LogP contribution in [0, 0.1) is 13.8 Å². The van der Waals surface area contributed by atoms with Crippen molar-refractivity contribution in [3.8, 4) is 0 Å². The van der Waals surface area contributed by atoms with E-state index in [0.717, 1.165) is 59.4 Å². The van der Waals surface area contributed by atoms with E-state index in [1.54, 1.807) is 18.2 Å². The molecule has 1 fully saturated rings. The molecule has 1 N–H and O–H groups in total. The highest BCUT2D eigenvalue weighted by atomic mass is 35.5. The fraction of sp³-hybridized carbons (Fsp3) is 0.394. The van der Waals surface area contributed by atoms with Gasteiger partial charge in [0.05, 0.1) is 11.9 Å². The number of rotatable bonds is 11. The van der Waals surface area contributed by atoms with Crippen LogP contribution in [0.1, 0.15) is 54.4 Å². The Labute approximate surface area is 254 Å². The number of hydrogen-bond donors (Lipinski definition) is 1. The van der Waals surface area contributed by atoms with Crippen molar-refractivity contribution in [3.63, 3.8) is 0 Å². The number of nitrogens with zero attached hydrogens (tertiary/aromatic N) is 2. The zero-order chi connectivity index (χ0) is 30.3. The highest BCUT2D eigenvalue weighted by molar-refractivity contribution is 7.92. The highest BCUT2D eigenvalue weighted by Crippen LogP contribution is 2.26. The third-order valence-corrected chi connectivity index (χ3v) is 9.32. The summed E-state index contributed by atoms with van der Waals surface area (Å²) < 4.78 is 27.2. The van der Waals surface area contributed by atoms with Crippen LogP contribution in [0.25, 0.3) is 0 Å². The summed E-state index contributed by atoms with van der Waals surface area (Å²) >= 11 is 6.54. The van der Waals surface area contributed by atoms with E-state index in [0.29, 0.717) is 16.3 Å². The summed E-state index contributed by atoms with van der Waals surface area (Å²) in [5, 5.41) is 3.68. The van der Waals surface area contributed by atoms with Gasteiger partial charge < -0.3 is 10.2 Å². The van der Waals surface area contributed by atoms with Gasteiger partial charge in [-0.25, -0.2) is 8.42 Å². The summed E-state index contributed by atoms with van der Waals surface area (Å²) in [6.45, 7) is 3.35. The van der Waals surface area contributed by atoms with Crippen LogP contribution in [0.2, 0.25) is 5.02 Å². The van der Waals surface area contributed by atoms with E-state index in [4.69, 9.17) is 11.6 Å². The molecule has 1 saturated carbocycles. The van der Waals surface area contributed by atoms with E-state index in [9.17, 15) is 18.0 Å². The molecule has 0 saturated heterocycles. The fourth-order valence-corrected chi connectivity index (χ4v) is 6.69. The maximum absolute atomic E-state index is 14.3. The molecular weight excluding hydrogens is 570 g/mol. The SMILES string of the molecule is Cc1ccc(N(CC(=O)N(Cc2ccccc2Cl)C(Cc2ccccc2)C(=O)NC2CCCCC2)S(C)(=O)=O)c(C)c1. The number of amides is 2.